The lowest BCUT2D eigenvalue weighted by Crippen LogP contribution is -2.31. The van der Waals surface area contributed by atoms with E-state index in [4.69, 9.17) is 15.6 Å². The van der Waals surface area contributed by atoms with Gasteiger partial charge in [-0.25, -0.2) is 0 Å². The Morgan fingerprint density at radius 2 is 1.96 bits per heavy atom. The van der Waals surface area contributed by atoms with Gasteiger partial charge in [-0.3, -0.25) is 4.79 Å². The van der Waals surface area contributed by atoms with E-state index in [1.165, 1.54) is 5.69 Å². The third-order valence-corrected chi connectivity index (χ3v) is 4.13. The Balaban J connectivity index is 1.81. The number of carbonyl (C=O) groups is 1. The summed E-state index contributed by atoms with van der Waals surface area (Å²) in [5.74, 6) is 0.180. The normalized spacial score (nSPS) is 15.1. The number of hydrogen-bond acceptors (Lipinski definition) is 3. The molecule has 2 N–H and O–H groups in total. The zero-order valence-electron chi connectivity index (χ0n) is 14.7. The molecule has 0 radical (unpaired) electrons. The van der Waals surface area contributed by atoms with E-state index in [9.17, 15) is 4.79 Å². The fraction of sp³-hybridized carbons (Fsp3) is 0.200. The predicted molar refractivity (Wildman–Crippen MR) is 102 cm³/mol. The first-order valence-corrected chi connectivity index (χ1v) is 8.11. The van der Waals surface area contributed by atoms with Crippen LogP contribution in [0.15, 0.2) is 53.6 Å². The molecule has 0 spiro atoms. The van der Waals surface area contributed by atoms with Gasteiger partial charge in [-0.15, -0.1) is 0 Å². The van der Waals surface area contributed by atoms with Gasteiger partial charge >= 0.3 is 0 Å². The van der Waals surface area contributed by atoms with Crippen LogP contribution < -0.4 is 15.1 Å². The molecule has 0 aliphatic carbocycles. The Labute approximate surface area is 147 Å². The summed E-state index contributed by atoms with van der Waals surface area (Å²) < 4.78 is 5.87. The predicted octanol–water partition coefficient (Wildman–Crippen LogP) is 2.86. The summed E-state index contributed by atoms with van der Waals surface area (Å²) in [5.41, 5.74) is 10.4. The van der Waals surface area contributed by atoms with Crippen LogP contribution in [-0.4, -0.2) is 32.3 Å². The summed E-state index contributed by atoms with van der Waals surface area (Å²) in [6, 6.07) is 14.1. The first-order valence-electron chi connectivity index (χ1n) is 8.11. The molecule has 3 rings (SSSR count). The number of aryl methyl sites for hydroxylation is 1. The van der Waals surface area contributed by atoms with Crippen LogP contribution in [0.3, 0.4) is 0 Å². The smallest absolute Gasteiger partial charge is 0.255 e. The molecule has 0 saturated carbocycles. The van der Waals surface area contributed by atoms with E-state index in [1.54, 1.807) is 0 Å². The van der Waals surface area contributed by atoms with Crippen LogP contribution in [0, 0.1) is 6.92 Å². The molecule has 0 atom stereocenters. The molecule has 2 aromatic carbocycles. The number of primary amides is 1. The summed E-state index contributed by atoms with van der Waals surface area (Å²) >= 11 is 0. The zero-order chi connectivity index (χ0) is 18.0. The second-order valence-corrected chi connectivity index (χ2v) is 6.51. The minimum Gasteiger partial charge on any atom is -0.484 e. The number of para-hydroxylation sites is 1. The fourth-order valence-electron chi connectivity index (χ4n) is 2.93. The van der Waals surface area contributed by atoms with Gasteiger partial charge in [0.2, 0.25) is 0 Å². The molecule has 0 bridgehead atoms. The maximum Gasteiger partial charge on any atom is 0.255 e. The molecular formula is C20H22N3O2+. The number of benzene rings is 2. The van der Waals surface area contributed by atoms with Crippen LogP contribution in [-0.2, 0) is 4.79 Å². The molecule has 0 saturated heterocycles. The minimum atomic E-state index is -0.484. The Kier molecular flexibility index (Phi) is 4.42. The molecule has 1 amide bonds. The van der Waals surface area contributed by atoms with Gasteiger partial charge < -0.3 is 10.5 Å². The van der Waals surface area contributed by atoms with Gasteiger partial charge in [0.05, 0.1) is 19.7 Å². The van der Waals surface area contributed by atoms with Crippen molar-refractivity contribution in [3.05, 3.63) is 65.2 Å². The highest BCUT2D eigenvalue weighted by Gasteiger charge is 2.31. The number of fused-ring (bicyclic) bond motifs is 1. The van der Waals surface area contributed by atoms with Gasteiger partial charge in [0.1, 0.15) is 11.5 Å². The molecule has 1 aliphatic heterocycles. The first kappa shape index (κ1) is 16.9. The highest BCUT2D eigenvalue weighted by Crippen LogP contribution is 2.32. The number of hydrogen-bond donors (Lipinski definition) is 1. The average Bonchev–Trinajstić information content (AvgIpc) is 2.83. The van der Waals surface area contributed by atoms with E-state index in [1.807, 2.05) is 49.4 Å². The summed E-state index contributed by atoms with van der Waals surface area (Å²) in [7, 11) is 4.13. The van der Waals surface area contributed by atoms with Crippen LogP contribution >= 0.6 is 0 Å². The number of nitrogens with two attached hydrogens (primary N) is 1. The van der Waals surface area contributed by atoms with Crippen molar-refractivity contribution in [3.63, 3.8) is 0 Å². The third-order valence-electron chi connectivity index (χ3n) is 4.13. The zero-order valence-corrected chi connectivity index (χ0v) is 14.7. The standard InChI is InChI=1S/C20H21N3O2/c1-14-12-15(9-11-19(14)25-13-20(21)24)8-10-17-16-6-4-5-7-18(16)23(2,3)22-17/h4-12H,13H2,1-3H3,(H-,21,24)/p+1. The quantitative estimate of drug-likeness (QED) is 0.853. The monoisotopic (exact) mass is 336 g/mol. The topological polar surface area (TPSA) is 64.7 Å². The molecule has 5 nitrogen and oxygen atoms in total. The highest BCUT2D eigenvalue weighted by atomic mass is 16.5. The molecule has 0 aromatic heterocycles. The van der Waals surface area contributed by atoms with Gasteiger partial charge in [-0.05, 0) is 42.3 Å². The largest absolute Gasteiger partial charge is 0.484 e. The Bertz CT molecular complexity index is 882. The van der Waals surface area contributed by atoms with Gasteiger partial charge in [-0.2, -0.15) is 4.59 Å². The van der Waals surface area contributed by atoms with E-state index in [0.717, 1.165) is 22.4 Å². The van der Waals surface area contributed by atoms with Crippen molar-refractivity contribution in [2.45, 2.75) is 6.92 Å². The molecule has 128 valence electrons. The maximum atomic E-state index is 10.8. The van der Waals surface area contributed by atoms with Crippen LogP contribution in [0.25, 0.3) is 6.08 Å². The fourth-order valence-corrected chi connectivity index (χ4v) is 2.93. The van der Waals surface area contributed by atoms with Crippen molar-refractivity contribution in [3.8, 4) is 5.75 Å². The summed E-state index contributed by atoms with van der Waals surface area (Å²) in [6.45, 7) is 1.83. The van der Waals surface area contributed by atoms with E-state index < -0.39 is 5.91 Å². The SMILES string of the molecule is Cc1cc(C=CC2=N[N+](C)(C)c3ccccc32)ccc1OCC(N)=O. The Morgan fingerprint density at radius 1 is 1.20 bits per heavy atom. The number of amides is 1. The number of carbonyl (C=O) groups excluding carboxylic acids is 1. The minimum absolute atomic E-state index is 0.114. The highest BCUT2D eigenvalue weighted by molar-refractivity contribution is 6.15. The van der Waals surface area contributed by atoms with Crippen LogP contribution in [0.2, 0.25) is 0 Å². The number of quaternary nitrogens is 1. The lowest BCUT2D eigenvalue weighted by molar-refractivity contribution is -0.119. The summed E-state index contributed by atoms with van der Waals surface area (Å²) in [4.78, 5) is 10.8. The molecular weight excluding hydrogens is 314 g/mol. The van der Waals surface area contributed by atoms with E-state index >= 15 is 0 Å². The van der Waals surface area contributed by atoms with E-state index in [-0.39, 0.29) is 6.61 Å². The lowest BCUT2D eigenvalue weighted by Gasteiger charge is -2.17. The average molecular weight is 336 g/mol. The summed E-state index contributed by atoms with van der Waals surface area (Å²) in [5, 5.41) is 4.78. The van der Waals surface area contributed by atoms with Crippen LogP contribution in [0.4, 0.5) is 5.69 Å². The van der Waals surface area contributed by atoms with Crippen LogP contribution in [0.5, 0.6) is 5.75 Å². The first-order chi connectivity index (χ1) is 11.9. The van der Waals surface area contributed by atoms with Crippen molar-refractivity contribution >= 4 is 23.4 Å². The summed E-state index contributed by atoms with van der Waals surface area (Å²) in [6.07, 6.45) is 4.07. The van der Waals surface area contributed by atoms with Gasteiger partial charge in [0.15, 0.2) is 12.3 Å². The number of allylic oxidation sites excluding steroid dienone is 1. The third kappa shape index (κ3) is 3.61. The molecule has 2 aromatic rings. The Morgan fingerprint density at radius 3 is 2.68 bits per heavy atom. The van der Waals surface area contributed by atoms with Crippen molar-refractivity contribution in [1.82, 2.24) is 4.59 Å². The molecule has 0 fully saturated rings. The van der Waals surface area contributed by atoms with Gasteiger partial charge in [0.25, 0.3) is 5.91 Å². The van der Waals surface area contributed by atoms with Crippen molar-refractivity contribution in [1.29, 1.82) is 0 Å². The Hall–Kier alpha value is -2.92. The molecule has 25 heavy (non-hydrogen) atoms. The van der Waals surface area contributed by atoms with Crippen molar-refractivity contribution in [2.75, 3.05) is 20.7 Å². The molecule has 5 heteroatoms. The number of nitrogens with zero attached hydrogens (tertiary/aromatic N) is 2. The molecule has 0 unspecified atom stereocenters. The van der Waals surface area contributed by atoms with E-state index in [0.29, 0.717) is 10.3 Å². The molecule has 1 heterocycles. The second kappa shape index (κ2) is 6.53. The number of ether oxygens (including phenoxy) is 1. The lowest BCUT2D eigenvalue weighted by atomic mass is 10.1. The maximum absolute atomic E-state index is 10.8. The number of rotatable bonds is 5. The van der Waals surface area contributed by atoms with Crippen molar-refractivity contribution < 1.29 is 9.53 Å². The molecule has 1 aliphatic rings. The van der Waals surface area contributed by atoms with Crippen LogP contribution in [0.1, 0.15) is 16.7 Å². The van der Waals surface area contributed by atoms with Gasteiger partial charge in [-0.1, -0.05) is 29.4 Å². The van der Waals surface area contributed by atoms with Gasteiger partial charge in [0, 0.05) is 6.07 Å². The van der Waals surface area contributed by atoms with E-state index in [2.05, 4.69) is 26.2 Å². The van der Waals surface area contributed by atoms with Crippen molar-refractivity contribution in [2.24, 2.45) is 10.8 Å². The second-order valence-electron chi connectivity index (χ2n) is 6.51.